The molecule has 5 rings (SSSR count). The van der Waals surface area contributed by atoms with E-state index in [0.29, 0.717) is 26.1 Å². The molecule has 0 saturated heterocycles. The number of carbonyl (C=O) groups excluding carboxylic acids is 1. The van der Waals surface area contributed by atoms with Crippen LogP contribution in [0.4, 0.5) is 0 Å². The first-order chi connectivity index (χ1) is 14.1. The molecule has 5 nitrogen and oxygen atoms in total. The number of amides is 1. The monoisotopic (exact) mass is 393 g/mol. The molecular formula is C24H27NO4. The Morgan fingerprint density at radius 3 is 2.83 bits per heavy atom. The van der Waals surface area contributed by atoms with Crippen molar-refractivity contribution in [3.05, 3.63) is 53.1 Å². The number of para-hydroxylation sites is 1. The SMILES string of the molecule is Cc1ccc2c(c1)C(NC(=O)CCc1cccc3c1OCCO3)CC1(CCC1)O2. The third-order valence-corrected chi connectivity index (χ3v) is 6.31. The molecule has 2 heterocycles. The van der Waals surface area contributed by atoms with E-state index in [2.05, 4.69) is 30.4 Å². The van der Waals surface area contributed by atoms with Gasteiger partial charge in [0.25, 0.3) is 0 Å². The van der Waals surface area contributed by atoms with Gasteiger partial charge in [-0.1, -0.05) is 29.8 Å². The normalized spacial score (nSPS) is 20.9. The van der Waals surface area contributed by atoms with E-state index in [-0.39, 0.29) is 17.6 Å². The Labute approximate surface area is 171 Å². The number of nitrogens with one attached hydrogen (secondary N) is 1. The molecule has 0 aromatic heterocycles. The molecule has 2 aromatic carbocycles. The first-order valence-electron chi connectivity index (χ1n) is 10.6. The molecule has 152 valence electrons. The van der Waals surface area contributed by atoms with E-state index in [9.17, 15) is 4.79 Å². The molecule has 1 amide bonds. The Bertz CT molecular complexity index is 934. The molecule has 29 heavy (non-hydrogen) atoms. The summed E-state index contributed by atoms with van der Waals surface area (Å²) in [6.07, 6.45) is 5.25. The second-order valence-corrected chi connectivity index (χ2v) is 8.45. The van der Waals surface area contributed by atoms with Gasteiger partial charge in [0.15, 0.2) is 11.5 Å². The first kappa shape index (κ1) is 18.3. The minimum absolute atomic E-state index is 0.00993. The van der Waals surface area contributed by atoms with Gasteiger partial charge in [-0.15, -0.1) is 0 Å². The molecule has 1 aliphatic carbocycles. The van der Waals surface area contributed by atoms with Crippen LogP contribution in [0.2, 0.25) is 0 Å². The molecule has 1 spiro atoms. The molecule has 3 aliphatic rings. The minimum Gasteiger partial charge on any atom is -0.487 e. The lowest BCUT2D eigenvalue weighted by atomic mass is 9.73. The summed E-state index contributed by atoms with van der Waals surface area (Å²) in [5.41, 5.74) is 3.22. The molecule has 2 aromatic rings. The molecule has 0 radical (unpaired) electrons. The van der Waals surface area contributed by atoms with Gasteiger partial charge < -0.3 is 19.5 Å². The second kappa shape index (κ2) is 7.29. The zero-order valence-corrected chi connectivity index (χ0v) is 16.8. The van der Waals surface area contributed by atoms with Crippen molar-refractivity contribution in [1.29, 1.82) is 0 Å². The van der Waals surface area contributed by atoms with E-state index in [1.54, 1.807) is 0 Å². The minimum atomic E-state index is -0.0934. The molecule has 0 bridgehead atoms. The van der Waals surface area contributed by atoms with Gasteiger partial charge in [-0.2, -0.15) is 0 Å². The number of ether oxygens (including phenoxy) is 3. The summed E-state index contributed by atoms with van der Waals surface area (Å²) < 4.78 is 17.7. The summed E-state index contributed by atoms with van der Waals surface area (Å²) in [6.45, 7) is 3.20. The number of carbonyl (C=O) groups is 1. The van der Waals surface area contributed by atoms with Crippen LogP contribution in [0.1, 0.15) is 54.8 Å². The highest BCUT2D eigenvalue weighted by Crippen LogP contribution is 2.49. The van der Waals surface area contributed by atoms with Gasteiger partial charge in [-0.05, 0) is 50.3 Å². The van der Waals surface area contributed by atoms with Crippen molar-refractivity contribution in [3.63, 3.8) is 0 Å². The van der Waals surface area contributed by atoms with Crippen LogP contribution in [-0.2, 0) is 11.2 Å². The molecule has 1 saturated carbocycles. The number of fused-ring (bicyclic) bond motifs is 2. The van der Waals surface area contributed by atoms with Crippen molar-refractivity contribution >= 4 is 5.91 Å². The van der Waals surface area contributed by atoms with Crippen molar-refractivity contribution in [2.45, 2.75) is 57.1 Å². The van der Waals surface area contributed by atoms with Crippen LogP contribution in [0.5, 0.6) is 17.2 Å². The van der Waals surface area contributed by atoms with Crippen molar-refractivity contribution in [2.75, 3.05) is 13.2 Å². The second-order valence-electron chi connectivity index (χ2n) is 8.45. The van der Waals surface area contributed by atoms with Crippen LogP contribution in [-0.4, -0.2) is 24.7 Å². The largest absolute Gasteiger partial charge is 0.487 e. The van der Waals surface area contributed by atoms with Crippen LogP contribution in [0.25, 0.3) is 0 Å². The third kappa shape index (κ3) is 3.54. The Balaban J connectivity index is 1.29. The van der Waals surface area contributed by atoms with Gasteiger partial charge in [-0.25, -0.2) is 0 Å². The van der Waals surface area contributed by atoms with Gasteiger partial charge in [0, 0.05) is 18.4 Å². The Kier molecular flexibility index (Phi) is 4.61. The summed E-state index contributed by atoms with van der Waals surface area (Å²) in [5, 5.41) is 3.28. The average Bonchev–Trinajstić information content (AvgIpc) is 2.71. The van der Waals surface area contributed by atoms with Gasteiger partial charge in [0.05, 0.1) is 6.04 Å². The molecule has 1 N–H and O–H groups in total. The van der Waals surface area contributed by atoms with Gasteiger partial charge >= 0.3 is 0 Å². The van der Waals surface area contributed by atoms with Gasteiger partial charge in [-0.3, -0.25) is 4.79 Å². The van der Waals surface area contributed by atoms with Crippen LogP contribution < -0.4 is 19.5 Å². The predicted molar refractivity (Wildman–Crippen MR) is 110 cm³/mol. The number of hydrogen-bond donors (Lipinski definition) is 1. The summed E-state index contributed by atoms with van der Waals surface area (Å²) in [4.78, 5) is 12.8. The highest BCUT2D eigenvalue weighted by Gasteiger charge is 2.45. The zero-order chi connectivity index (χ0) is 19.8. The predicted octanol–water partition coefficient (Wildman–Crippen LogP) is 4.26. The molecule has 1 unspecified atom stereocenters. The van der Waals surface area contributed by atoms with Gasteiger partial charge in [0.1, 0.15) is 24.6 Å². The summed E-state index contributed by atoms with van der Waals surface area (Å²) in [5.74, 6) is 2.55. The van der Waals surface area contributed by atoms with E-state index in [1.807, 2.05) is 18.2 Å². The zero-order valence-electron chi connectivity index (χ0n) is 16.8. The van der Waals surface area contributed by atoms with E-state index in [0.717, 1.165) is 47.6 Å². The van der Waals surface area contributed by atoms with Crippen LogP contribution >= 0.6 is 0 Å². The smallest absolute Gasteiger partial charge is 0.220 e. The van der Waals surface area contributed by atoms with E-state index in [1.165, 1.54) is 12.0 Å². The van der Waals surface area contributed by atoms with Crippen molar-refractivity contribution in [1.82, 2.24) is 5.32 Å². The molecule has 5 heteroatoms. The topological polar surface area (TPSA) is 56.8 Å². The van der Waals surface area contributed by atoms with Crippen molar-refractivity contribution < 1.29 is 19.0 Å². The maximum atomic E-state index is 12.8. The highest BCUT2D eigenvalue weighted by atomic mass is 16.6. The van der Waals surface area contributed by atoms with Crippen molar-refractivity contribution in [2.24, 2.45) is 0 Å². The standard InChI is InChI=1S/C24H27NO4/c1-16-6-8-20-18(14-16)19(15-24(29-20)10-3-11-24)25-22(26)9-7-17-4-2-5-21-23(17)28-13-12-27-21/h2,4-6,8,14,19H,3,7,9-13,15H2,1H3,(H,25,26). The number of benzene rings is 2. The number of aryl methyl sites for hydroxylation is 2. The fourth-order valence-corrected chi connectivity index (χ4v) is 4.64. The van der Waals surface area contributed by atoms with Crippen molar-refractivity contribution in [3.8, 4) is 17.2 Å². The molecule has 1 atom stereocenters. The lowest BCUT2D eigenvalue weighted by molar-refractivity contribution is -0.123. The van der Waals surface area contributed by atoms with Crippen LogP contribution in [0, 0.1) is 6.92 Å². The first-order valence-corrected chi connectivity index (χ1v) is 10.6. The Hall–Kier alpha value is -2.69. The maximum absolute atomic E-state index is 12.8. The Morgan fingerprint density at radius 1 is 1.14 bits per heavy atom. The van der Waals surface area contributed by atoms with E-state index < -0.39 is 0 Å². The quantitative estimate of drug-likeness (QED) is 0.843. The summed E-state index contributed by atoms with van der Waals surface area (Å²) >= 11 is 0. The van der Waals surface area contributed by atoms with E-state index >= 15 is 0 Å². The summed E-state index contributed by atoms with van der Waals surface area (Å²) in [6, 6.07) is 12.2. The number of hydrogen-bond acceptors (Lipinski definition) is 4. The lowest BCUT2D eigenvalue weighted by Gasteiger charge is -2.48. The van der Waals surface area contributed by atoms with Crippen LogP contribution in [0.15, 0.2) is 36.4 Å². The van der Waals surface area contributed by atoms with Crippen LogP contribution in [0.3, 0.4) is 0 Å². The lowest BCUT2D eigenvalue weighted by Crippen LogP contribution is -2.49. The molecular weight excluding hydrogens is 366 g/mol. The fourth-order valence-electron chi connectivity index (χ4n) is 4.64. The fraction of sp³-hybridized carbons (Fsp3) is 0.458. The average molecular weight is 393 g/mol. The third-order valence-electron chi connectivity index (χ3n) is 6.31. The Morgan fingerprint density at radius 2 is 2.00 bits per heavy atom. The molecule has 2 aliphatic heterocycles. The maximum Gasteiger partial charge on any atom is 0.220 e. The summed E-state index contributed by atoms with van der Waals surface area (Å²) in [7, 11) is 0. The van der Waals surface area contributed by atoms with Gasteiger partial charge in [0.2, 0.25) is 5.91 Å². The van der Waals surface area contributed by atoms with E-state index in [4.69, 9.17) is 14.2 Å². The number of rotatable bonds is 4. The highest BCUT2D eigenvalue weighted by molar-refractivity contribution is 5.77. The molecule has 1 fully saturated rings.